The van der Waals surface area contributed by atoms with E-state index < -0.39 is 119 Å². The standard InChI is InChI=1S/C67H82FN13O11S2/c1-39-60(86)77-53(29-40-17-20-46(82)21-18-40)65(91)80-25-8-15-55(80)64(90)78-54(59(70)85)38-94-37-42-11-7-10-41(28-42)36-93-27-23-57(83)75-51(14-5-6-24-69)61(87)73-35-58(84)76-52(30-43-33-71-50-22-19-45(68)31-48(43)50)62(88)79-67(2,32-44-34-72-49-13-4-3-12-47(44)49)66(92)81-26-9-16-56(81)63(89)74-39/h3-4,7,10-13,17-22,28,31,33-34,39,51-56,71-72,82H,5-6,8-9,14-16,23-27,29-30,32,35-38,69H2,1-2H3,(H2,70,85)(H,73,87)(H,74,89)(H,75,83)(H,76,84)(H,77,86)(H,78,90)(H,79,88)/t39-,51-,52-,53-,54-,55-,56-,67-/m0/s1. The fraction of sp³-hybridized carbons (Fsp3) is 0.433. The summed E-state index contributed by atoms with van der Waals surface area (Å²) in [5.41, 5.74) is 14.6. The Morgan fingerprint density at radius 3 is 2.07 bits per heavy atom. The number of phenols is 1. The van der Waals surface area contributed by atoms with E-state index in [9.17, 15) is 47.9 Å². The first kappa shape index (κ1) is 69.4. The molecule has 0 unspecified atom stereocenters. The molecule has 500 valence electrons. The number of amides is 10. The Bertz CT molecular complexity index is 3750. The Hall–Kier alpha value is -8.95. The van der Waals surface area contributed by atoms with Crippen molar-refractivity contribution >= 4 is 104 Å². The predicted molar refractivity (Wildman–Crippen MR) is 356 cm³/mol. The van der Waals surface area contributed by atoms with Gasteiger partial charge in [0.05, 0.1) is 6.54 Å². The SMILES string of the molecule is C[C@@H]1NC(=O)[C@@H]2CCCN2C(=O)[C@](C)(Cc2c[nH]c3ccccc23)NC(=O)[C@H](Cc2c[nH]c3ccc(F)cc23)NC(=O)CNC(=O)[C@H](CCCCN)NC(=O)CCSCc2cccc(c2)CSC[C@@H](C(N)=O)NC(=O)[C@@H]2CCCN2C(=O)[C@H](Cc2ccc(O)cc2)NC1=O. The summed E-state index contributed by atoms with van der Waals surface area (Å²) in [7, 11) is 0. The Morgan fingerprint density at radius 1 is 0.670 bits per heavy atom. The number of aromatic nitrogens is 2. The number of unbranched alkanes of at least 4 members (excludes halogenated alkanes) is 1. The summed E-state index contributed by atoms with van der Waals surface area (Å²) < 4.78 is 14.9. The van der Waals surface area contributed by atoms with Crippen LogP contribution in [-0.4, -0.2) is 169 Å². The largest absolute Gasteiger partial charge is 0.508 e. The molecule has 3 aliphatic rings. The summed E-state index contributed by atoms with van der Waals surface area (Å²) in [6, 6.07) is 16.8. The van der Waals surface area contributed by atoms with Gasteiger partial charge in [-0.25, -0.2) is 4.39 Å². The first-order valence-electron chi connectivity index (χ1n) is 31.7. The molecule has 0 spiro atoms. The molecule has 9 rings (SSSR count). The van der Waals surface area contributed by atoms with E-state index in [4.69, 9.17) is 11.5 Å². The van der Waals surface area contributed by atoms with Gasteiger partial charge >= 0.3 is 0 Å². The number of benzene rings is 4. The molecule has 3 aliphatic heterocycles. The van der Waals surface area contributed by atoms with Crippen molar-refractivity contribution in [2.75, 3.05) is 37.7 Å². The van der Waals surface area contributed by atoms with Gasteiger partial charge in [0.15, 0.2) is 0 Å². The maximum Gasteiger partial charge on any atom is 0.249 e. The summed E-state index contributed by atoms with van der Waals surface area (Å²) in [5.74, 6) is -5.92. The number of carbonyl (C=O) groups is 10. The zero-order valence-electron chi connectivity index (χ0n) is 52.6. The molecule has 2 aromatic heterocycles. The number of thioether (sulfide) groups is 2. The van der Waals surface area contributed by atoms with Crippen LogP contribution in [0.15, 0.2) is 103 Å². The van der Waals surface area contributed by atoms with Crippen LogP contribution in [-0.2, 0) is 78.7 Å². The zero-order valence-corrected chi connectivity index (χ0v) is 54.2. The quantitative estimate of drug-likeness (QED) is 0.0830. The molecule has 2 bridgehead atoms. The van der Waals surface area contributed by atoms with Gasteiger partial charge in [0.1, 0.15) is 59.4 Å². The third-order valence-electron chi connectivity index (χ3n) is 17.3. The minimum absolute atomic E-state index is 0.0350. The molecule has 10 amide bonds. The Balaban J connectivity index is 1.01. The van der Waals surface area contributed by atoms with Gasteiger partial charge in [-0.15, -0.1) is 0 Å². The number of para-hydroxylation sites is 1. The number of carbonyl (C=O) groups excluding carboxylic acids is 10. The molecule has 0 aliphatic carbocycles. The van der Waals surface area contributed by atoms with E-state index in [1.54, 1.807) is 24.5 Å². The van der Waals surface area contributed by atoms with Gasteiger partial charge in [-0.05, 0) is 130 Å². The molecule has 0 saturated carbocycles. The van der Waals surface area contributed by atoms with Gasteiger partial charge in [-0.2, -0.15) is 23.5 Å². The third-order valence-corrected chi connectivity index (χ3v) is 19.4. The molecule has 8 atom stereocenters. The van der Waals surface area contributed by atoms with Crippen molar-refractivity contribution in [1.29, 1.82) is 0 Å². The van der Waals surface area contributed by atoms with Crippen LogP contribution in [0.25, 0.3) is 21.8 Å². The second-order valence-electron chi connectivity index (χ2n) is 24.4. The Morgan fingerprint density at radius 2 is 1.34 bits per heavy atom. The van der Waals surface area contributed by atoms with Crippen molar-refractivity contribution in [3.8, 4) is 5.75 Å². The second kappa shape index (κ2) is 32.3. The molecule has 5 heterocycles. The number of aromatic hydroxyl groups is 1. The van der Waals surface area contributed by atoms with Crippen LogP contribution < -0.4 is 48.7 Å². The lowest BCUT2D eigenvalue weighted by Gasteiger charge is -2.37. The number of aromatic amines is 2. The number of halogens is 1. The highest BCUT2D eigenvalue weighted by atomic mass is 32.2. The van der Waals surface area contributed by atoms with E-state index in [-0.39, 0.29) is 69.5 Å². The van der Waals surface area contributed by atoms with E-state index >= 15 is 9.59 Å². The lowest BCUT2D eigenvalue weighted by molar-refractivity contribution is -0.146. The summed E-state index contributed by atoms with van der Waals surface area (Å²) in [6.45, 7) is 2.85. The molecule has 24 nitrogen and oxygen atoms in total. The number of hydrogen-bond acceptors (Lipinski definition) is 14. The van der Waals surface area contributed by atoms with E-state index in [0.29, 0.717) is 77.1 Å². The van der Waals surface area contributed by atoms with Gasteiger partial charge in [-0.3, -0.25) is 47.9 Å². The highest BCUT2D eigenvalue weighted by Gasteiger charge is 2.46. The Kier molecular flexibility index (Phi) is 23.8. The molecule has 94 heavy (non-hydrogen) atoms. The fourth-order valence-electron chi connectivity index (χ4n) is 12.3. The molecular weight excluding hydrogens is 1250 g/mol. The lowest BCUT2D eigenvalue weighted by Crippen LogP contribution is -2.64. The van der Waals surface area contributed by atoms with Gasteiger partial charge in [0.25, 0.3) is 0 Å². The number of nitrogens with two attached hydrogens (primary N) is 2. The van der Waals surface area contributed by atoms with Gasteiger partial charge < -0.3 is 73.6 Å². The van der Waals surface area contributed by atoms with E-state index in [1.807, 2.05) is 48.5 Å². The third kappa shape index (κ3) is 18.0. The molecule has 27 heteroatoms. The van der Waals surface area contributed by atoms with Crippen LogP contribution in [0.4, 0.5) is 4.39 Å². The maximum atomic E-state index is 15.6. The first-order valence-corrected chi connectivity index (χ1v) is 34.0. The average Bonchev–Trinajstić information content (AvgIpc) is 1.53. The number of phenolic OH excluding ortho intramolecular Hbond substituents is 1. The summed E-state index contributed by atoms with van der Waals surface area (Å²) in [5, 5.41) is 30.7. The summed E-state index contributed by atoms with van der Waals surface area (Å²) >= 11 is 2.88. The number of fused-ring (bicyclic) bond motifs is 6. The van der Waals surface area contributed by atoms with Crippen molar-refractivity contribution in [3.63, 3.8) is 0 Å². The first-order chi connectivity index (χ1) is 45.2. The van der Waals surface area contributed by atoms with Gasteiger partial charge in [0, 0.05) is 96.0 Å². The monoisotopic (exact) mass is 1330 g/mol. The van der Waals surface area contributed by atoms with Crippen LogP contribution in [0.2, 0.25) is 0 Å². The topological polar surface area (TPSA) is 365 Å². The number of nitrogens with zero attached hydrogens (tertiary/aromatic N) is 2. The fourth-order valence-corrected chi connectivity index (χ4v) is 14.2. The zero-order chi connectivity index (χ0) is 67.1. The molecule has 2 fully saturated rings. The van der Waals surface area contributed by atoms with E-state index in [0.717, 1.165) is 22.0 Å². The van der Waals surface area contributed by atoms with Crippen molar-refractivity contribution in [1.82, 2.24) is 57.0 Å². The highest BCUT2D eigenvalue weighted by Crippen LogP contribution is 2.30. The minimum Gasteiger partial charge on any atom is -0.508 e. The van der Waals surface area contributed by atoms with Crippen molar-refractivity contribution < 1.29 is 57.4 Å². The minimum atomic E-state index is -1.86. The average molecular weight is 1330 g/mol. The van der Waals surface area contributed by atoms with Crippen LogP contribution in [0, 0.1) is 5.82 Å². The number of H-pyrrole nitrogens is 2. The lowest BCUT2D eigenvalue weighted by atomic mass is 9.89. The molecule has 0 radical (unpaired) electrons. The molecular formula is C67H82FN13O11S2. The molecule has 6 aromatic rings. The summed E-state index contributed by atoms with van der Waals surface area (Å²) in [4.78, 5) is 152. The van der Waals surface area contributed by atoms with Crippen molar-refractivity contribution in [2.45, 2.75) is 144 Å². The van der Waals surface area contributed by atoms with Crippen LogP contribution in [0.1, 0.15) is 93.0 Å². The number of rotatable bonds is 11. The van der Waals surface area contributed by atoms with Crippen LogP contribution >= 0.6 is 23.5 Å². The van der Waals surface area contributed by atoms with Gasteiger partial charge in [-0.1, -0.05) is 54.6 Å². The highest BCUT2D eigenvalue weighted by molar-refractivity contribution is 7.98. The molecule has 2 saturated heterocycles. The predicted octanol–water partition coefficient (Wildman–Crippen LogP) is 3.12. The summed E-state index contributed by atoms with van der Waals surface area (Å²) in [6.07, 6.45) is 5.33. The van der Waals surface area contributed by atoms with E-state index in [1.165, 1.54) is 77.5 Å². The molecule has 14 N–H and O–H groups in total. The van der Waals surface area contributed by atoms with Gasteiger partial charge in [0.2, 0.25) is 59.1 Å². The number of primary amides is 1. The smallest absolute Gasteiger partial charge is 0.249 e. The molecule has 4 aromatic carbocycles. The number of hydrogen-bond donors (Lipinski definition) is 12. The maximum absolute atomic E-state index is 15.6. The van der Waals surface area contributed by atoms with E-state index in [2.05, 4.69) is 47.2 Å². The van der Waals surface area contributed by atoms with Crippen molar-refractivity contribution in [2.24, 2.45) is 11.5 Å². The normalized spacial score (nSPS) is 24.3. The second-order valence-corrected chi connectivity index (χ2v) is 26.6. The van der Waals surface area contributed by atoms with Crippen LogP contribution in [0.5, 0.6) is 5.75 Å². The Labute approximate surface area is 551 Å². The van der Waals surface area contributed by atoms with Crippen molar-refractivity contribution in [3.05, 3.63) is 137 Å². The van der Waals surface area contributed by atoms with Crippen LogP contribution in [0.3, 0.4) is 0 Å². The number of nitrogens with one attached hydrogen (secondary N) is 9.